The third kappa shape index (κ3) is 10.2. The normalized spacial score (nSPS) is 13.4. The molecule has 0 aromatic carbocycles. The zero-order chi connectivity index (χ0) is 8.53. The van der Waals surface area contributed by atoms with Crippen LogP contribution in [0.4, 0.5) is 0 Å². The van der Waals surface area contributed by atoms with Gasteiger partial charge in [-0.15, -0.1) is 0 Å². The van der Waals surface area contributed by atoms with E-state index in [-0.39, 0.29) is 0 Å². The molecule has 0 aromatic rings. The van der Waals surface area contributed by atoms with Crippen molar-refractivity contribution in [2.45, 2.75) is 57.4 Å². The van der Waals surface area contributed by atoms with Gasteiger partial charge >= 0.3 is 0 Å². The van der Waals surface area contributed by atoms with Crippen LogP contribution < -0.4 is 0 Å². The van der Waals surface area contributed by atoms with Crippen LogP contribution in [0.3, 0.4) is 0 Å². The maximum atomic E-state index is 10.4. The van der Waals surface area contributed by atoms with Gasteiger partial charge in [-0.3, -0.25) is 0 Å². The maximum absolute atomic E-state index is 10.4. The molecule has 0 spiro atoms. The van der Waals surface area contributed by atoms with Crippen molar-refractivity contribution in [3.63, 3.8) is 0 Å². The van der Waals surface area contributed by atoms with Gasteiger partial charge in [0, 0.05) is 0 Å². The summed E-state index contributed by atoms with van der Waals surface area (Å²) in [7, 11) is 0. The second-order valence-corrected chi connectivity index (χ2v) is 3.45. The van der Waals surface area contributed by atoms with E-state index in [1.165, 1.54) is 32.1 Å². The topological polar surface area (TPSA) is 19.9 Å². The summed E-state index contributed by atoms with van der Waals surface area (Å²) in [5.74, 6) is 0. The van der Waals surface area contributed by atoms with E-state index in [1.54, 1.807) is 0 Å². The van der Waals surface area contributed by atoms with E-state index in [1.807, 2.05) is 0 Å². The molecule has 0 rings (SSSR count). The van der Waals surface area contributed by atoms with Crippen LogP contribution in [0.5, 0.6) is 0 Å². The lowest BCUT2D eigenvalue weighted by Gasteiger charge is -1.99. The van der Waals surface area contributed by atoms with Gasteiger partial charge in [0.1, 0.15) is 0 Å². The summed E-state index contributed by atoms with van der Waals surface area (Å²) in [6, 6.07) is 0. The summed E-state index contributed by atoms with van der Waals surface area (Å²) in [6.45, 7) is 2.20. The van der Waals surface area contributed by atoms with E-state index in [9.17, 15) is 5.11 Å². The monoisotopic (exact) mass is 177 g/mol. The van der Waals surface area contributed by atoms with Crippen LogP contribution in [-0.4, -0.2) is 5.56 Å². The van der Waals surface area contributed by atoms with E-state index in [0.717, 1.165) is 6.42 Å². The molecule has 0 saturated carbocycles. The molecule has 11 heavy (non-hydrogen) atoms. The highest BCUT2D eigenvalue weighted by molar-refractivity contribution is 6.19. The standard InChI is InChI=1S/C9H18ClO/c1-2-3-4-5-6-7-8-9(10)11/h9H,2-8H2,1H3. The molecule has 0 aliphatic rings. The zero-order valence-electron chi connectivity index (χ0n) is 7.31. The molecule has 0 bridgehead atoms. The number of hydrogen-bond donors (Lipinski definition) is 0. The first-order chi connectivity index (χ1) is 5.27. The Hall–Kier alpha value is 0.250. The highest BCUT2D eigenvalue weighted by atomic mass is 35.5. The van der Waals surface area contributed by atoms with E-state index < -0.39 is 5.56 Å². The molecule has 0 aliphatic heterocycles. The van der Waals surface area contributed by atoms with Gasteiger partial charge in [0.05, 0.1) is 0 Å². The van der Waals surface area contributed by atoms with Gasteiger partial charge in [-0.25, -0.2) is 5.11 Å². The molecule has 1 radical (unpaired) electrons. The van der Waals surface area contributed by atoms with Crippen molar-refractivity contribution in [3.05, 3.63) is 0 Å². The first kappa shape index (κ1) is 11.2. The molecular formula is C9H18ClO. The molecule has 0 aromatic heterocycles. The Labute approximate surface area is 74.8 Å². The van der Waals surface area contributed by atoms with Gasteiger partial charge in [-0.1, -0.05) is 50.6 Å². The molecule has 0 aliphatic carbocycles. The Morgan fingerprint density at radius 2 is 1.64 bits per heavy atom. The molecule has 0 fully saturated rings. The summed E-state index contributed by atoms with van der Waals surface area (Å²) in [5.41, 5.74) is -0.874. The summed E-state index contributed by atoms with van der Waals surface area (Å²) in [4.78, 5) is 0. The van der Waals surface area contributed by atoms with Crippen LogP contribution in [0.25, 0.3) is 0 Å². The van der Waals surface area contributed by atoms with Crippen LogP contribution in [0, 0.1) is 0 Å². The zero-order valence-corrected chi connectivity index (χ0v) is 8.07. The molecule has 0 saturated heterocycles. The minimum absolute atomic E-state index is 0.633. The van der Waals surface area contributed by atoms with Crippen LogP contribution in [0.15, 0.2) is 0 Å². The Morgan fingerprint density at radius 3 is 2.18 bits per heavy atom. The lowest BCUT2D eigenvalue weighted by Crippen LogP contribution is -1.92. The summed E-state index contributed by atoms with van der Waals surface area (Å²) >= 11 is 5.26. The SMILES string of the molecule is CCCCCCCCC([O])Cl. The van der Waals surface area contributed by atoms with E-state index in [4.69, 9.17) is 11.6 Å². The van der Waals surface area contributed by atoms with E-state index in [2.05, 4.69) is 6.92 Å². The van der Waals surface area contributed by atoms with Crippen molar-refractivity contribution in [1.29, 1.82) is 0 Å². The van der Waals surface area contributed by atoms with E-state index >= 15 is 0 Å². The van der Waals surface area contributed by atoms with Crippen molar-refractivity contribution in [2.75, 3.05) is 0 Å². The number of hydrogen-bond acceptors (Lipinski definition) is 0. The van der Waals surface area contributed by atoms with Gasteiger partial charge in [-0.2, -0.15) is 0 Å². The summed E-state index contributed by atoms with van der Waals surface area (Å²) in [6.07, 6.45) is 7.97. The van der Waals surface area contributed by atoms with Crippen LogP contribution in [0.2, 0.25) is 0 Å². The first-order valence-corrected chi connectivity index (χ1v) is 5.01. The predicted octanol–water partition coefficient (Wildman–Crippen LogP) is 3.73. The Kier molecular flexibility index (Phi) is 8.54. The third-order valence-corrected chi connectivity index (χ3v) is 2.00. The average Bonchev–Trinajstić information content (AvgIpc) is 1.96. The lowest BCUT2D eigenvalue weighted by atomic mass is 10.1. The molecule has 0 N–H and O–H groups in total. The van der Waals surface area contributed by atoms with Crippen molar-refractivity contribution < 1.29 is 5.11 Å². The molecule has 0 heterocycles. The van der Waals surface area contributed by atoms with Gasteiger partial charge in [0.25, 0.3) is 0 Å². The van der Waals surface area contributed by atoms with Crippen molar-refractivity contribution >= 4 is 11.6 Å². The minimum atomic E-state index is -0.874. The summed E-state index contributed by atoms with van der Waals surface area (Å²) < 4.78 is 0. The Bertz CT molecular complexity index is 74.0. The van der Waals surface area contributed by atoms with Gasteiger partial charge < -0.3 is 0 Å². The second-order valence-electron chi connectivity index (χ2n) is 2.97. The smallest absolute Gasteiger partial charge is 0.166 e. The maximum Gasteiger partial charge on any atom is 0.166 e. The number of alkyl halides is 1. The van der Waals surface area contributed by atoms with Crippen LogP contribution >= 0.6 is 11.6 Å². The highest BCUT2D eigenvalue weighted by Gasteiger charge is 1.98. The minimum Gasteiger partial charge on any atom is -0.216 e. The summed E-state index contributed by atoms with van der Waals surface area (Å²) in [5, 5.41) is 10.4. The molecule has 1 unspecified atom stereocenters. The Morgan fingerprint density at radius 1 is 1.09 bits per heavy atom. The molecular weight excluding hydrogens is 160 g/mol. The molecule has 67 valence electrons. The number of halogens is 1. The second kappa shape index (κ2) is 8.35. The predicted molar refractivity (Wildman–Crippen MR) is 48.3 cm³/mol. The highest BCUT2D eigenvalue weighted by Crippen LogP contribution is 2.09. The fraction of sp³-hybridized carbons (Fsp3) is 1.00. The number of unbranched alkanes of at least 4 members (excludes halogenated alkanes) is 5. The number of rotatable bonds is 7. The third-order valence-electron chi connectivity index (χ3n) is 1.78. The van der Waals surface area contributed by atoms with Crippen LogP contribution in [0.1, 0.15) is 51.9 Å². The molecule has 2 heteroatoms. The largest absolute Gasteiger partial charge is 0.216 e. The van der Waals surface area contributed by atoms with Gasteiger partial charge in [0.2, 0.25) is 0 Å². The molecule has 0 amide bonds. The van der Waals surface area contributed by atoms with Crippen molar-refractivity contribution in [3.8, 4) is 0 Å². The van der Waals surface area contributed by atoms with Gasteiger partial charge in [-0.05, 0) is 12.8 Å². The van der Waals surface area contributed by atoms with Crippen LogP contribution in [-0.2, 0) is 5.11 Å². The van der Waals surface area contributed by atoms with E-state index in [0.29, 0.717) is 6.42 Å². The fourth-order valence-corrected chi connectivity index (χ4v) is 1.24. The first-order valence-electron chi connectivity index (χ1n) is 4.57. The Balaban J connectivity index is 2.80. The lowest BCUT2D eigenvalue weighted by molar-refractivity contribution is 0.148. The fourth-order valence-electron chi connectivity index (χ4n) is 1.09. The molecule has 1 atom stereocenters. The quantitative estimate of drug-likeness (QED) is 0.417. The molecule has 1 nitrogen and oxygen atoms in total. The van der Waals surface area contributed by atoms with Crippen molar-refractivity contribution in [2.24, 2.45) is 0 Å². The average molecular weight is 178 g/mol. The van der Waals surface area contributed by atoms with Gasteiger partial charge in [0.15, 0.2) is 5.56 Å². The van der Waals surface area contributed by atoms with Crippen molar-refractivity contribution in [1.82, 2.24) is 0 Å².